The molecule has 1 unspecified atom stereocenters. The average molecular weight is 317 g/mol. The summed E-state index contributed by atoms with van der Waals surface area (Å²) in [5.74, 6) is -0.750. The van der Waals surface area contributed by atoms with Gasteiger partial charge in [0.2, 0.25) is 0 Å². The number of benzene rings is 1. The maximum absolute atomic E-state index is 12.1. The summed E-state index contributed by atoms with van der Waals surface area (Å²) in [6.07, 6.45) is -1.49. The second-order valence-electron chi connectivity index (χ2n) is 5.47. The van der Waals surface area contributed by atoms with Gasteiger partial charge in [-0.25, -0.2) is 0 Å². The molecule has 1 aromatic rings. The highest BCUT2D eigenvalue weighted by molar-refractivity contribution is 5.67. The molecule has 0 radical (unpaired) electrons. The van der Waals surface area contributed by atoms with Gasteiger partial charge in [0.1, 0.15) is 5.75 Å². The molecule has 0 amide bonds. The van der Waals surface area contributed by atoms with E-state index >= 15 is 0 Å². The van der Waals surface area contributed by atoms with Gasteiger partial charge < -0.3 is 15.2 Å². The average Bonchev–Trinajstić information content (AvgIpc) is 2.33. The lowest BCUT2D eigenvalue weighted by Crippen LogP contribution is -2.40. The van der Waals surface area contributed by atoms with E-state index in [0.717, 1.165) is 24.8 Å². The van der Waals surface area contributed by atoms with E-state index in [9.17, 15) is 18.0 Å². The van der Waals surface area contributed by atoms with Gasteiger partial charge >= 0.3 is 12.3 Å². The predicted molar refractivity (Wildman–Crippen MR) is 73.3 cm³/mol. The third-order valence-electron chi connectivity index (χ3n) is 3.84. The van der Waals surface area contributed by atoms with Crippen LogP contribution < -0.4 is 10.1 Å². The van der Waals surface area contributed by atoms with Crippen LogP contribution in [0.5, 0.6) is 5.75 Å². The van der Waals surface area contributed by atoms with E-state index in [4.69, 9.17) is 5.11 Å². The highest BCUT2D eigenvalue weighted by Crippen LogP contribution is 2.31. The lowest BCUT2D eigenvalue weighted by atomic mass is 9.78. The molecule has 0 heterocycles. The van der Waals surface area contributed by atoms with Crippen LogP contribution in [0.1, 0.15) is 31.2 Å². The van der Waals surface area contributed by atoms with Crippen LogP contribution in [-0.2, 0) is 11.3 Å². The first-order valence-electron chi connectivity index (χ1n) is 7.13. The standard InChI is InChI=1S/C15H18F3NO3/c16-15(17,18)22-12-6-4-10(5-7-12)9-19-13(8-14(20)21)11-2-1-3-11/h4-7,11,13,19H,1-3,8-9H2,(H,20,21). The highest BCUT2D eigenvalue weighted by Gasteiger charge is 2.31. The minimum Gasteiger partial charge on any atom is -0.481 e. The molecule has 1 atom stereocenters. The fourth-order valence-electron chi connectivity index (χ4n) is 2.49. The van der Waals surface area contributed by atoms with Crippen molar-refractivity contribution in [3.8, 4) is 5.75 Å². The number of aliphatic carboxylic acids is 1. The number of hydrogen-bond donors (Lipinski definition) is 2. The van der Waals surface area contributed by atoms with Gasteiger partial charge in [0.05, 0.1) is 6.42 Å². The molecule has 1 fully saturated rings. The molecule has 0 aromatic heterocycles. The quantitative estimate of drug-likeness (QED) is 0.810. The van der Waals surface area contributed by atoms with E-state index in [2.05, 4.69) is 10.1 Å². The van der Waals surface area contributed by atoms with Gasteiger partial charge in [-0.2, -0.15) is 0 Å². The first-order valence-corrected chi connectivity index (χ1v) is 7.13. The molecule has 0 bridgehead atoms. The second kappa shape index (κ2) is 7.00. The summed E-state index contributed by atoms with van der Waals surface area (Å²) in [6, 6.07) is 5.47. The van der Waals surface area contributed by atoms with Gasteiger partial charge in [-0.15, -0.1) is 13.2 Å². The highest BCUT2D eigenvalue weighted by atomic mass is 19.4. The van der Waals surface area contributed by atoms with Crippen LogP contribution in [0.2, 0.25) is 0 Å². The smallest absolute Gasteiger partial charge is 0.481 e. The minimum atomic E-state index is -4.70. The Morgan fingerprint density at radius 1 is 1.32 bits per heavy atom. The molecule has 1 saturated carbocycles. The summed E-state index contributed by atoms with van der Waals surface area (Å²) < 4.78 is 40.0. The van der Waals surface area contributed by atoms with Gasteiger partial charge in [-0.05, 0) is 36.5 Å². The Bertz CT molecular complexity index is 498. The zero-order valence-electron chi connectivity index (χ0n) is 11.9. The molecular weight excluding hydrogens is 299 g/mol. The van der Waals surface area contributed by atoms with Crippen LogP contribution in [0.3, 0.4) is 0 Å². The topological polar surface area (TPSA) is 58.6 Å². The summed E-state index contributed by atoms with van der Waals surface area (Å²) in [5.41, 5.74) is 0.782. The normalized spacial score (nSPS) is 16.9. The molecule has 7 heteroatoms. The Morgan fingerprint density at radius 3 is 2.41 bits per heavy atom. The zero-order valence-corrected chi connectivity index (χ0v) is 11.9. The van der Waals surface area contributed by atoms with E-state index in [1.807, 2.05) is 0 Å². The first-order chi connectivity index (χ1) is 10.3. The number of carbonyl (C=O) groups is 1. The van der Waals surface area contributed by atoms with Crippen molar-refractivity contribution >= 4 is 5.97 Å². The molecule has 0 spiro atoms. The molecule has 122 valence electrons. The number of rotatable bonds is 7. The third kappa shape index (κ3) is 5.22. The molecular formula is C15H18F3NO3. The van der Waals surface area contributed by atoms with Gasteiger partial charge in [-0.3, -0.25) is 4.79 Å². The Balaban J connectivity index is 1.88. The maximum Gasteiger partial charge on any atom is 0.573 e. The zero-order chi connectivity index (χ0) is 16.2. The second-order valence-corrected chi connectivity index (χ2v) is 5.47. The number of halogens is 3. The van der Waals surface area contributed by atoms with Crippen molar-refractivity contribution in [2.75, 3.05) is 0 Å². The van der Waals surface area contributed by atoms with Gasteiger partial charge in [0.25, 0.3) is 0 Å². The van der Waals surface area contributed by atoms with Gasteiger partial charge in [0, 0.05) is 12.6 Å². The number of ether oxygens (including phenoxy) is 1. The van der Waals surface area contributed by atoms with Crippen LogP contribution in [0, 0.1) is 5.92 Å². The van der Waals surface area contributed by atoms with Crippen molar-refractivity contribution in [2.24, 2.45) is 5.92 Å². The lowest BCUT2D eigenvalue weighted by molar-refractivity contribution is -0.274. The SMILES string of the molecule is O=C(O)CC(NCc1ccc(OC(F)(F)F)cc1)C1CCC1. The van der Waals surface area contributed by atoms with Crippen molar-refractivity contribution in [2.45, 2.75) is 44.6 Å². The van der Waals surface area contributed by atoms with Crippen LogP contribution in [0.4, 0.5) is 13.2 Å². The number of carboxylic acid groups (broad SMARTS) is 1. The molecule has 2 rings (SSSR count). The van der Waals surface area contributed by atoms with E-state index in [1.165, 1.54) is 24.3 Å². The molecule has 0 aliphatic heterocycles. The van der Waals surface area contributed by atoms with E-state index in [-0.39, 0.29) is 18.2 Å². The summed E-state index contributed by atoms with van der Waals surface area (Å²) in [5, 5.41) is 12.1. The summed E-state index contributed by atoms with van der Waals surface area (Å²) in [6.45, 7) is 0.417. The largest absolute Gasteiger partial charge is 0.573 e. The van der Waals surface area contributed by atoms with Crippen molar-refractivity contribution in [1.82, 2.24) is 5.32 Å². The number of alkyl halides is 3. The Labute approximate surface area is 126 Å². The van der Waals surface area contributed by atoms with Crippen molar-refractivity contribution < 1.29 is 27.8 Å². The van der Waals surface area contributed by atoms with Crippen molar-refractivity contribution in [3.05, 3.63) is 29.8 Å². The predicted octanol–water partition coefficient (Wildman–Crippen LogP) is 3.32. The molecule has 22 heavy (non-hydrogen) atoms. The van der Waals surface area contributed by atoms with Crippen molar-refractivity contribution in [1.29, 1.82) is 0 Å². The lowest BCUT2D eigenvalue weighted by Gasteiger charge is -2.33. The van der Waals surface area contributed by atoms with E-state index in [1.54, 1.807) is 0 Å². The summed E-state index contributed by atoms with van der Waals surface area (Å²) in [7, 11) is 0. The molecule has 1 aromatic carbocycles. The monoisotopic (exact) mass is 317 g/mol. The Morgan fingerprint density at radius 2 is 1.95 bits per heavy atom. The first kappa shape index (κ1) is 16.6. The van der Waals surface area contributed by atoms with E-state index < -0.39 is 12.3 Å². The van der Waals surface area contributed by atoms with Crippen LogP contribution in [0.15, 0.2) is 24.3 Å². The number of hydrogen-bond acceptors (Lipinski definition) is 3. The number of nitrogens with one attached hydrogen (secondary N) is 1. The molecule has 2 N–H and O–H groups in total. The Hall–Kier alpha value is -1.76. The summed E-state index contributed by atoms with van der Waals surface area (Å²) >= 11 is 0. The molecule has 4 nitrogen and oxygen atoms in total. The third-order valence-corrected chi connectivity index (χ3v) is 3.84. The van der Waals surface area contributed by atoms with Crippen LogP contribution in [-0.4, -0.2) is 23.5 Å². The molecule has 1 aliphatic rings. The van der Waals surface area contributed by atoms with Gasteiger partial charge in [-0.1, -0.05) is 18.6 Å². The minimum absolute atomic E-state index is 0.0555. The van der Waals surface area contributed by atoms with Crippen LogP contribution in [0.25, 0.3) is 0 Å². The van der Waals surface area contributed by atoms with Crippen LogP contribution >= 0.6 is 0 Å². The maximum atomic E-state index is 12.1. The van der Waals surface area contributed by atoms with Crippen molar-refractivity contribution in [3.63, 3.8) is 0 Å². The summed E-state index contributed by atoms with van der Waals surface area (Å²) in [4.78, 5) is 10.9. The molecule has 1 aliphatic carbocycles. The van der Waals surface area contributed by atoms with E-state index in [0.29, 0.717) is 12.5 Å². The molecule has 0 saturated heterocycles. The fourth-order valence-corrected chi connectivity index (χ4v) is 2.49. The Kier molecular flexibility index (Phi) is 5.28. The fraction of sp³-hybridized carbons (Fsp3) is 0.533. The number of carboxylic acids is 1. The van der Waals surface area contributed by atoms with Gasteiger partial charge in [0.15, 0.2) is 0 Å².